The highest BCUT2D eigenvalue weighted by molar-refractivity contribution is 6.03. The summed E-state index contributed by atoms with van der Waals surface area (Å²) in [6.45, 7) is 9.36. The van der Waals surface area contributed by atoms with Crippen LogP contribution in [0, 0.1) is 5.41 Å². The lowest BCUT2D eigenvalue weighted by atomic mass is 9.87. The first-order valence-corrected chi connectivity index (χ1v) is 6.49. The zero-order valence-electron chi connectivity index (χ0n) is 11.9. The van der Waals surface area contributed by atoms with Crippen molar-refractivity contribution in [3.05, 3.63) is 0 Å². The average molecular weight is 256 g/mol. The van der Waals surface area contributed by atoms with E-state index >= 15 is 0 Å². The van der Waals surface area contributed by atoms with Crippen LogP contribution in [0.15, 0.2) is 0 Å². The van der Waals surface area contributed by atoms with Gasteiger partial charge in [-0.3, -0.25) is 14.5 Å². The molecule has 18 heavy (non-hydrogen) atoms. The summed E-state index contributed by atoms with van der Waals surface area (Å²) in [7, 11) is 2.07. The van der Waals surface area contributed by atoms with Gasteiger partial charge >= 0.3 is 5.97 Å². The van der Waals surface area contributed by atoms with Gasteiger partial charge < -0.3 is 9.64 Å². The van der Waals surface area contributed by atoms with Gasteiger partial charge in [-0.2, -0.15) is 0 Å². The molecule has 0 N–H and O–H groups in total. The summed E-state index contributed by atoms with van der Waals surface area (Å²) in [5.74, 6) is -0.491. The molecule has 1 rings (SSSR count). The van der Waals surface area contributed by atoms with E-state index < -0.39 is 11.4 Å². The van der Waals surface area contributed by atoms with Gasteiger partial charge in [0.05, 0.1) is 13.2 Å². The van der Waals surface area contributed by atoms with Gasteiger partial charge in [0.1, 0.15) is 5.41 Å². The fraction of sp³-hybridized carbons (Fsp3) is 0.846. The van der Waals surface area contributed by atoms with Crippen molar-refractivity contribution in [3.8, 4) is 0 Å². The summed E-state index contributed by atoms with van der Waals surface area (Å²) in [4.78, 5) is 28.2. The summed E-state index contributed by atoms with van der Waals surface area (Å²) < 4.78 is 4.95. The van der Waals surface area contributed by atoms with Gasteiger partial charge in [0.2, 0.25) is 0 Å². The monoisotopic (exact) mass is 256 g/mol. The normalized spacial score (nSPS) is 18.7. The van der Waals surface area contributed by atoms with E-state index in [1.54, 1.807) is 20.8 Å². The van der Waals surface area contributed by atoms with Crippen LogP contribution in [0.5, 0.6) is 0 Å². The molecular formula is C13H24N2O3. The van der Waals surface area contributed by atoms with Crippen LogP contribution in [-0.2, 0) is 14.3 Å². The van der Waals surface area contributed by atoms with Crippen LogP contribution in [0.2, 0.25) is 0 Å². The van der Waals surface area contributed by atoms with Gasteiger partial charge in [0.25, 0.3) is 0 Å². The third kappa shape index (κ3) is 3.78. The minimum Gasteiger partial charge on any atom is -0.465 e. The highest BCUT2D eigenvalue weighted by Crippen LogP contribution is 2.19. The molecule has 0 aliphatic carbocycles. The SMILES string of the molecule is CCOC(=O)C(C)(C)C(=O)CN1CCN(C)CC1. The van der Waals surface area contributed by atoms with Gasteiger partial charge in [-0.15, -0.1) is 0 Å². The Morgan fingerprint density at radius 2 is 1.72 bits per heavy atom. The van der Waals surface area contributed by atoms with Crippen molar-refractivity contribution in [3.63, 3.8) is 0 Å². The predicted octanol–water partition coefficient (Wildman–Crippen LogP) is 0.392. The van der Waals surface area contributed by atoms with E-state index in [1.807, 2.05) is 0 Å². The van der Waals surface area contributed by atoms with E-state index in [9.17, 15) is 9.59 Å². The molecule has 5 nitrogen and oxygen atoms in total. The van der Waals surface area contributed by atoms with Crippen molar-refractivity contribution in [1.29, 1.82) is 0 Å². The molecule has 0 amide bonds. The van der Waals surface area contributed by atoms with Crippen LogP contribution in [-0.4, -0.2) is 67.9 Å². The maximum atomic E-state index is 12.2. The second-order valence-electron chi connectivity index (χ2n) is 5.35. The Kier molecular flexibility index (Phi) is 5.28. The number of esters is 1. The van der Waals surface area contributed by atoms with Crippen LogP contribution in [0.4, 0.5) is 0 Å². The lowest BCUT2D eigenvalue weighted by Crippen LogP contribution is -2.49. The maximum Gasteiger partial charge on any atom is 0.319 e. The zero-order valence-corrected chi connectivity index (χ0v) is 11.9. The fourth-order valence-corrected chi connectivity index (χ4v) is 1.83. The second kappa shape index (κ2) is 6.29. The average Bonchev–Trinajstić information content (AvgIpc) is 2.32. The first kappa shape index (κ1) is 15.1. The molecule has 1 saturated heterocycles. The smallest absolute Gasteiger partial charge is 0.319 e. The molecule has 1 heterocycles. The van der Waals surface area contributed by atoms with E-state index in [1.165, 1.54) is 0 Å². The summed E-state index contributed by atoms with van der Waals surface area (Å²) in [5, 5.41) is 0. The Labute approximate surface area is 109 Å². The molecule has 0 atom stereocenters. The van der Waals surface area contributed by atoms with Crippen LogP contribution in [0.1, 0.15) is 20.8 Å². The molecule has 0 aromatic heterocycles. The van der Waals surface area contributed by atoms with Crippen LogP contribution >= 0.6 is 0 Å². The lowest BCUT2D eigenvalue weighted by Gasteiger charge is -2.33. The summed E-state index contributed by atoms with van der Waals surface area (Å²) in [6.07, 6.45) is 0. The topological polar surface area (TPSA) is 49.9 Å². The molecule has 0 aromatic rings. The molecular weight excluding hydrogens is 232 g/mol. The number of likely N-dealkylation sites (N-methyl/N-ethyl adjacent to an activating group) is 1. The van der Waals surface area contributed by atoms with Crippen molar-refractivity contribution >= 4 is 11.8 Å². The summed E-state index contributed by atoms with van der Waals surface area (Å²) >= 11 is 0. The van der Waals surface area contributed by atoms with Crippen LogP contribution in [0.25, 0.3) is 0 Å². The predicted molar refractivity (Wildman–Crippen MR) is 69.4 cm³/mol. The number of carbonyl (C=O) groups is 2. The number of piperazine rings is 1. The minimum atomic E-state index is -1.04. The van der Waals surface area contributed by atoms with Gasteiger partial charge in [-0.1, -0.05) is 0 Å². The number of carbonyl (C=O) groups excluding carboxylic acids is 2. The Hall–Kier alpha value is -0.940. The molecule has 0 unspecified atom stereocenters. The van der Waals surface area contributed by atoms with E-state index in [2.05, 4.69) is 16.8 Å². The highest BCUT2D eigenvalue weighted by atomic mass is 16.5. The van der Waals surface area contributed by atoms with Crippen molar-refractivity contribution in [2.45, 2.75) is 20.8 Å². The third-order valence-corrected chi connectivity index (χ3v) is 3.45. The van der Waals surface area contributed by atoms with Crippen molar-refractivity contribution in [2.24, 2.45) is 5.41 Å². The second-order valence-corrected chi connectivity index (χ2v) is 5.35. The van der Waals surface area contributed by atoms with Crippen molar-refractivity contribution in [1.82, 2.24) is 9.80 Å². The van der Waals surface area contributed by atoms with Crippen LogP contribution in [0.3, 0.4) is 0 Å². The fourth-order valence-electron chi connectivity index (χ4n) is 1.83. The molecule has 1 fully saturated rings. The molecule has 5 heteroatoms. The first-order chi connectivity index (χ1) is 8.37. The molecule has 0 saturated carbocycles. The van der Waals surface area contributed by atoms with E-state index in [4.69, 9.17) is 4.74 Å². The van der Waals surface area contributed by atoms with Gasteiger partial charge in [0.15, 0.2) is 5.78 Å². The molecule has 1 aliphatic heterocycles. The number of ketones is 1. The van der Waals surface area contributed by atoms with Gasteiger partial charge in [-0.25, -0.2) is 0 Å². The Balaban J connectivity index is 2.51. The number of nitrogens with zero attached hydrogens (tertiary/aromatic N) is 2. The number of rotatable bonds is 5. The van der Waals surface area contributed by atoms with Crippen LogP contribution < -0.4 is 0 Å². The first-order valence-electron chi connectivity index (χ1n) is 6.49. The number of hydrogen-bond acceptors (Lipinski definition) is 5. The number of ether oxygens (including phenoxy) is 1. The molecule has 1 aliphatic rings. The maximum absolute atomic E-state index is 12.2. The number of Topliss-reactive ketones (excluding diaryl/α,β-unsaturated/α-hetero) is 1. The standard InChI is InChI=1S/C13H24N2O3/c1-5-18-12(17)13(2,3)11(16)10-15-8-6-14(4)7-9-15/h5-10H2,1-4H3. The molecule has 104 valence electrons. The molecule has 0 aromatic carbocycles. The molecule has 0 spiro atoms. The van der Waals surface area contributed by atoms with E-state index in [-0.39, 0.29) is 5.78 Å². The number of hydrogen-bond donors (Lipinski definition) is 0. The quantitative estimate of drug-likeness (QED) is 0.526. The Bertz CT molecular complexity index is 307. The largest absolute Gasteiger partial charge is 0.465 e. The highest BCUT2D eigenvalue weighted by Gasteiger charge is 2.38. The Morgan fingerprint density at radius 3 is 2.22 bits per heavy atom. The zero-order chi connectivity index (χ0) is 13.8. The summed E-state index contributed by atoms with van der Waals surface area (Å²) in [5.41, 5.74) is -1.04. The van der Waals surface area contributed by atoms with Crippen molar-refractivity contribution < 1.29 is 14.3 Å². The van der Waals surface area contributed by atoms with E-state index in [0.29, 0.717) is 13.2 Å². The van der Waals surface area contributed by atoms with Crippen molar-refractivity contribution in [2.75, 3.05) is 46.4 Å². The Morgan fingerprint density at radius 1 is 1.17 bits per heavy atom. The van der Waals surface area contributed by atoms with E-state index in [0.717, 1.165) is 26.2 Å². The lowest BCUT2D eigenvalue weighted by molar-refractivity contribution is -0.158. The molecule has 0 radical (unpaired) electrons. The summed E-state index contributed by atoms with van der Waals surface area (Å²) in [6, 6.07) is 0. The third-order valence-electron chi connectivity index (χ3n) is 3.45. The van der Waals surface area contributed by atoms with Gasteiger partial charge in [-0.05, 0) is 27.8 Å². The molecule has 0 bridgehead atoms. The minimum absolute atomic E-state index is 0.0643. The van der Waals surface area contributed by atoms with Gasteiger partial charge in [0, 0.05) is 26.2 Å².